The van der Waals surface area contributed by atoms with Gasteiger partial charge in [-0.15, -0.1) is 11.3 Å². The molecule has 3 aromatic rings. The van der Waals surface area contributed by atoms with Crippen molar-refractivity contribution >= 4 is 28.1 Å². The van der Waals surface area contributed by atoms with Gasteiger partial charge in [-0.3, -0.25) is 4.79 Å². The Kier molecular flexibility index (Phi) is 6.02. The number of carbonyl (C=O) groups is 1. The van der Waals surface area contributed by atoms with Gasteiger partial charge in [0, 0.05) is 17.1 Å². The average molecular weight is 366 g/mol. The van der Waals surface area contributed by atoms with Crippen molar-refractivity contribution in [2.24, 2.45) is 0 Å². The fourth-order valence-corrected chi connectivity index (χ4v) is 3.30. The van der Waals surface area contributed by atoms with E-state index in [1.165, 1.54) is 22.5 Å². The first-order chi connectivity index (χ1) is 12.6. The number of anilines is 2. The van der Waals surface area contributed by atoms with Gasteiger partial charge in [-0.25, -0.2) is 4.98 Å². The first-order valence-electron chi connectivity index (χ1n) is 8.74. The van der Waals surface area contributed by atoms with Crippen molar-refractivity contribution < 1.29 is 4.79 Å². The summed E-state index contributed by atoms with van der Waals surface area (Å²) in [5.41, 5.74) is 3.91. The van der Waals surface area contributed by atoms with Crippen LogP contribution in [0.15, 0.2) is 60.0 Å². The molecule has 0 saturated heterocycles. The summed E-state index contributed by atoms with van der Waals surface area (Å²) in [4.78, 5) is 16.8. The van der Waals surface area contributed by atoms with E-state index in [9.17, 15) is 4.79 Å². The molecule has 0 aliphatic rings. The minimum Gasteiger partial charge on any atom is -0.348 e. The maximum Gasteiger partial charge on any atom is 0.271 e. The third-order valence-corrected chi connectivity index (χ3v) is 4.88. The van der Waals surface area contributed by atoms with Gasteiger partial charge in [0.25, 0.3) is 5.91 Å². The number of nitrogens with one attached hydrogen (secondary N) is 2. The van der Waals surface area contributed by atoms with Crippen LogP contribution in [0.25, 0.3) is 0 Å². The molecule has 1 heterocycles. The Bertz CT molecular complexity index is 843. The Morgan fingerprint density at radius 3 is 2.58 bits per heavy atom. The highest BCUT2D eigenvalue weighted by Gasteiger charge is 2.13. The molecule has 0 aliphatic heterocycles. The van der Waals surface area contributed by atoms with E-state index in [1.807, 2.05) is 49.4 Å². The van der Waals surface area contributed by atoms with Crippen molar-refractivity contribution in [3.63, 3.8) is 0 Å². The number of thiazole rings is 1. The van der Waals surface area contributed by atoms with E-state index in [1.54, 1.807) is 5.38 Å². The fraction of sp³-hybridized carbons (Fsp3) is 0.238. The fourth-order valence-electron chi connectivity index (χ4n) is 2.59. The van der Waals surface area contributed by atoms with Crippen LogP contribution in [0.4, 0.5) is 10.8 Å². The summed E-state index contributed by atoms with van der Waals surface area (Å²) in [7, 11) is 0. The minimum atomic E-state index is -0.126. The van der Waals surface area contributed by atoms with Crippen molar-refractivity contribution in [2.45, 2.75) is 32.7 Å². The molecule has 134 valence electrons. The molecule has 0 spiro atoms. The average Bonchev–Trinajstić information content (AvgIpc) is 3.11. The molecule has 0 aliphatic carbocycles. The van der Waals surface area contributed by atoms with E-state index in [0.717, 1.165) is 23.7 Å². The number of rotatable bonds is 7. The predicted molar refractivity (Wildman–Crippen MR) is 108 cm³/mol. The van der Waals surface area contributed by atoms with E-state index >= 15 is 0 Å². The van der Waals surface area contributed by atoms with E-state index in [2.05, 4.69) is 34.7 Å². The summed E-state index contributed by atoms with van der Waals surface area (Å²) in [6, 6.07) is 18.5. The highest BCUT2D eigenvalue weighted by Crippen LogP contribution is 2.21. The van der Waals surface area contributed by atoms with Gasteiger partial charge in [0.15, 0.2) is 5.13 Å². The van der Waals surface area contributed by atoms with E-state index in [0.29, 0.717) is 5.69 Å². The van der Waals surface area contributed by atoms with Gasteiger partial charge in [-0.05, 0) is 44.4 Å². The molecular formula is C21H23N3OS. The van der Waals surface area contributed by atoms with Crippen LogP contribution in [0.3, 0.4) is 0 Å². The number of aryl methyl sites for hydroxylation is 2. The second kappa shape index (κ2) is 8.63. The van der Waals surface area contributed by atoms with Crippen LogP contribution in [0.1, 0.15) is 35.0 Å². The summed E-state index contributed by atoms with van der Waals surface area (Å²) in [6.45, 7) is 4.08. The highest BCUT2D eigenvalue weighted by atomic mass is 32.1. The van der Waals surface area contributed by atoms with Crippen molar-refractivity contribution in [1.82, 2.24) is 10.3 Å². The number of amides is 1. The quantitative estimate of drug-likeness (QED) is 0.623. The summed E-state index contributed by atoms with van der Waals surface area (Å²) >= 11 is 1.43. The maximum atomic E-state index is 12.4. The molecule has 5 heteroatoms. The third kappa shape index (κ3) is 5.17. The summed E-state index contributed by atoms with van der Waals surface area (Å²) in [5, 5.41) is 8.77. The summed E-state index contributed by atoms with van der Waals surface area (Å²) in [5.74, 6) is -0.126. The molecule has 0 saturated carbocycles. The number of hydrogen-bond acceptors (Lipinski definition) is 4. The van der Waals surface area contributed by atoms with Gasteiger partial charge in [-0.1, -0.05) is 48.0 Å². The lowest BCUT2D eigenvalue weighted by Gasteiger charge is -2.12. The van der Waals surface area contributed by atoms with Crippen molar-refractivity contribution in [1.29, 1.82) is 0 Å². The topological polar surface area (TPSA) is 54.0 Å². The monoisotopic (exact) mass is 365 g/mol. The summed E-state index contributed by atoms with van der Waals surface area (Å²) < 4.78 is 0. The molecule has 1 atom stereocenters. The second-order valence-corrected chi connectivity index (χ2v) is 7.29. The Morgan fingerprint density at radius 1 is 1.12 bits per heavy atom. The van der Waals surface area contributed by atoms with Crippen LogP contribution in [0.2, 0.25) is 0 Å². The number of benzene rings is 2. The standard InChI is InChI=1S/C21H23N3OS/c1-15-8-12-18(13-9-15)23-21-24-19(14-26-21)20(25)22-16(2)10-11-17-6-4-3-5-7-17/h3-9,12-14,16H,10-11H2,1-2H3,(H,22,25)(H,23,24)/t16-/m1/s1. The molecular weight excluding hydrogens is 342 g/mol. The molecule has 26 heavy (non-hydrogen) atoms. The zero-order chi connectivity index (χ0) is 18.4. The zero-order valence-electron chi connectivity index (χ0n) is 15.0. The van der Waals surface area contributed by atoms with Gasteiger partial charge < -0.3 is 10.6 Å². The Morgan fingerprint density at radius 2 is 1.85 bits per heavy atom. The van der Waals surface area contributed by atoms with Crippen LogP contribution in [0.5, 0.6) is 0 Å². The minimum absolute atomic E-state index is 0.0953. The molecule has 2 aromatic carbocycles. The molecule has 1 amide bonds. The van der Waals surface area contributed by atoms with Crippen molar-refractivity contribution in [3.8, 4) is 0 Å². The van der Waals surface area contributed by atoms with Crippen LogP contribution >= 0.6 is 11.3 Å². The van der Waals surface area contributed by atoms with E-state index < -0.39 is 0 Å². The predicted octanol–water partition coefficient (Wildman–Crippen LogP) is 4.95. The molecule has 4 nitrogen and oxygen atoms in total. The number of aromatic nitrogens is 1. The smallest absolute Gasteiger partial charge is 0.271 e. The summed E-state index contributed by atoms with van der Waals surface area (Å²) in [6.07, 6.45) is 1.84. The first kappa shape index (κ1) is 18.1. The van der Waals surface area contributed by atoms with Gasteiger partial charge in [-0.2, -0.15) is 0 Å². The van der Waals surface area contributed by atoms with Gasteiger partial charge >= 0.3 is 0 Å². The number of nitrogens with zero attached hydrogens (tertiary/aromatic N) is 1. The molecule has 0 fully saturated rings. The number of hydrogen-bond donors (Lipinski definition) is 2. The Hall–Kier alpha value is -2.66. The Balaban J connectivity index is 1.51. The van der Waals surface area contributed by atoms with E-state index in [4.69, 9.17) is 0 Å². The first-order valence-corrected chi connectivity index (χ1v) is 9.62. The van der Waals surface area contributed by atoms with Gasteiger partial charge in [0.2, 0.25) is 0 Å². The highest BCUT2D eigenvalue weighted by molar-refractivity contribution is 7.14. The lowest BCUT2D eigenvalue weighted by Crippen LogP contribution is -2.33. The lowest BCUT2D eigenvalue weighted by atomic mass is 10.1. The van der Waals surface area contributed by atoms with Crippen LogP contribution < -0.4 is 10.6 Å². The molecule has 1 aromatic heterocycles. The van der Waals surface area contributed by atoms with E-state index in [-0.39, 0.29) is 11.9 Å². The van der Waals surface area contributed by atoms with Crippen LogP contribution in [-0.2, 0) is 6.42 Å². The Labute approximate surface area is 158 Å². The largest absolute Gasteiger partial charge is 0.348 e. The molecule has 0 radical (unpaired) electrons. The molecule has 0 bridgehead atoms. The molecule has 2 N–H and O–H groups in total. The van der Waals surface area contributed by atoms with Crippen molar-refractivity contribution in [2.75, 3.05) is 5.32 Å². The van der Waals surface area contributed by atoms with Crippen molar-refractivity contribution in [3.05, 3.63) is 76.8 Å². The molecule has 3 rings (SSSR count). The second-order valence-electron chi connectivity index (χ2n) is 6.43. The normalized spacial score (nSPS) is 11.8. The molecule has 0 unspecified atom stereocenters. The lowest BCUT2D eigenvalue weighted by molar-refractivity contribution is 0.0934. The zero-order valence-corrected chi connectivity index (χ0v) is 15.8. The number of carbonyl (C=O) groups excluding carboxylic acids is 1. The van der Waals surface area contributed by atoms with Gasteiger partial charge in [0.05, 0.1) is 0 Å². The van der Waals surface area contributed by atoms with Crippen LogP contribution in [-0.4, -0.2) is 16.9 Å². The van der Waals surface area contributed by atoms with Gasteiger partial charge in [0.1, 0.15) is 5.69 Å². The van der Waals surface area contributed by atoms with Crippen LogP contribution in [0, 0.1) is 6.92 Å². The SMILES string of the molecule is Cc1ccc(Nc2nc(C(=O)N[C@H](C)CCc3ccccc3)cs2)cc1. The third-order valence-electron chi connectivity index (χ3n) is 4.13. The maximum absolute atomic E-state index is 12.4.